The second-order valence-corrected chi connectivity index (χ2v) is 12.7. The van der Waals surface area contributed by atoms with Gasteiger partial charge < -0.3 is 24.2 Å². The predicted molar refractivity (Wildman–Crippen MR) is 165 cm³/mol. The molecule has 3 atom stereocenters. The van der Waals surface area contributed by atoms with Crippen molar-refractivity contribution >= 4 is 21.6 Å². The number of likely N-dealkylation sites (N-methyl/N-ethyl adjacent to an activating group) is 1. The molecule has 0 bridgehead atoms. The van der Waals surface area contributed by atoms with Crippen molar-refractivity contribution in [3.8, 4) is 17.2 Å². The maximum atomic E-state index is 13.5. The number of hydrogen-bond donors (Lipinski definition) is 2. The van der Waals surface area contributed by atoms with E-state index in [1.54, 1.807) is 42.3 Å². The molecule has 0 unspecified atom stereocenters. The van der Waals surface area contributed by atoms with Crippen LogP contribution in [0.15, 0.2) is 71.6 Å². The number of nitrogens with zero attached hydrogens (tertiary/aromatic N) is 2. The van der Waals surface area contributed by atoms with E-state index in [1.165, 1.54) is 19.2 Å². The van der Waals surface area contributed by atoms with Crippen LogP contribution in [0.5, 0.6) is 17.2 Å². The smallest absolute Gasteiger partial charge is 0.261 e. The van der Waals surface area contributed by atoms with Crippen LogP contribution >= 0.6 is 0 Å². The molecule has 11 heteroatoms. The van der Waals surface area contributed by atoms with Crippen LogP contribution in [0.4, 0.5) is 5.69 Å². The van der Waals surface area contributed by atoms with E-state index in [-0.39, 0.29) is 41.9 Å². The first-order valence-electron chi connectivity index (χ1n) is 14.2. The fraction of sp³-hybridized carbons (Fsp3) is 0.406. The Morgan fingerprint density at radius 1 is 1.05 bits per heavy atom. The third-order valence-corrected chi connectivity index (χ3v) is 9.04. The summed E-state index contributed by atoms with van der Waals surface area (Å²) in [6.45, 7) is 5.36. The summed E-state index contributed by atoms with van der Waals surface area (Å²) in [4.78, 5) is 17.5. The number of hydrogen-bond acceptors (Lipinski definition) is 8. The molecule has 1 aliphatic heterocycles. The van der Waals surface area contributed by atoms with E-state index < -0.39 is 10.0 Å². The highest BCUT2D eigenvalue weighted by molar-refractivity contribution is 7.92. The molecule has 1 heterocycles. The summed E-state index contributed by atoms with van der Waals surface area (Å²) in [5.74, 6) is 1.64. The van der Waals surface area contributed by atoms with Gasteiger partial charge in [0.25, 0.3) is 10.0 Å². The van der Waals surface area contributed by atoms with Gasteiger partial charge in [0.05, 0.1) is 38.2 Å². The first-order valence-corrected chi connectivity index (χ1v) is 15.7. The maximum absolute atomic E-state index is 13.5. The minimum atomic E-state index is -3.89. The van der Waals surface area contributed by atoms with Crippen LogP contribution < -0.4 is 18.9 Å². The number of amides is 1. The number of nitrogens with one attached hydrogen (secondary N) is 1. The van der Waals surface area contributed by atoms with Crippen LogP contribution in [0.1, 0.15) is 25.0 Å². The van der Waals surface area contributed by atoms with Crippen molar-refractivity contribution in [3.63, 3.8) is 0 Å². The normalized spacial score (nSPS) is 18.1. The molecule has 0 aliphatic carbocycles. The Balaban J connectivity index is 1.60. The average Bonchev–Trinajstić information content (AvgIpc) is 3.04. The summed E-state index contributed by atoms with van der Waals surface area (Å²) in [6.07, 6.45) is -0.290. The van der Waals surface area contributed by atoms with Crippen molar-refractivity contribution < 1.29 is 32.5 Å². The molecule has 0 spiro atoms. The largest absolute Gasteiger partial charge is 0.497 e. The highest BCUT2D eigenvalue weighted by Crippen LogP contribution is 2.30. The molecular weight excluding hydrogens is 570 g/mol. The van der Waals surface area contributed by atoms with Gasteiger partial charge in [-0.15, -0.1) is 0 Å². The van der Waals surface area contributed by atoms with E-state index in [1.807, 2.05) is 45.2 Å². The zero-order valence-electron chi connectivity index (χ0n) is 25.3. The number of aliphatic hydroxyl groups is 1. The number of sulfonamides is 1. The number of carbonyl (C=O) groups is 1. The van der Waals surface area contributed by atoms with Gasteiger partial charge in [-0.1, -0.05) is 19.1 Å². The second-order valence-electron chi connectivity index (χ2n) is 11.0. The molecule has 0 saturated carbocycles. The van der Waals surface area contributed by atoms with E-state index in [0.717, 1.165) is 11.3 Å². The summed E-state index contributed by atoms with van der Waals surface area (Å²) in [5, 5.41) is 9.92. The predicted octanol–water partition coefficient (Wildman–Crippen LogP) is 3.79. The van der Waals surface area contributed by atoms with Gasteiger partial charge in [0.15, 0.2) is 0 Å². The lowest BCUT2D eigenvalue weighted by molar-refractivity contribution is -0.134. The monoisotopic (exact) mass is 611 g/mol. The molecule has 10 nitrogen and oxygen atoms in total. The molecule has 0 fully saturated rings. The van der Waals surface area contributed by atoms with E-state index in [2.05, 4.69) is 9.62 Å². The van der Waals surface area contributed by atoms with Crippen LogP contribution in [0.2, 0.25) is 0 Å². The quantitative estimate of drug-likeness (QED) is 0.337. The number of carbonyl (C=O) groups excluding carboxylic acids is 1. The van der Waals surface area contributed by atoms with Crippen molar-refractivity contribution in [2.45, 2.75) is 43.9 Å². The molecule has 1 amide bonds. The van der Waals surface area contributed by atoms with Crippen LogP contribution in [0.3, 0.4) is 0 Å². The van der Waals surface area contributed by atoms with Crippen molar-refractivity contribution in [3.05, 3.63) is 77.9 Å². The van der Waals surface area contributed by atoms with Gasteiger partial charge in [0.1, 0.15) is 23.4 Å². The standard InChI is InChI=1S/C32H41N3O7S/c1-22-18-35(23(2)21-36)32(37)17-25-16-26(33-43(38,39)29-13-11-28(41-5)12-14-29)8-15-30(25)42-31(22)20-34(3)19-24-6-9-27(40-4)10-7-24/h6-16,22-23,31,33,36H,17-21H2,1-5H3/t22-,23-,31-/m0/s1. The van der Waals surface area contributed by atoms with Gasteiger partial charge in [-0.2, -0.15) is 0 Å². The first-order chi connectivity index (χ1) is 20.5. The first kappa shape index (κ1) is 32.1. The van der Waals surface area contributed by atoms with Crippen molar-refractivity contribution in [1.82, 2.24) is 9.80 Å². The summed E-state index contributed by atoms with van der Waals surface area (Å²) in [6, 6.07) is 18.6. The number of methoxy groups -OCH3 is 2. The Morgan fingerprint density at radius 2 is 1.67 bits per heavy atom. The molecule has 3 aromatic carbocycles. The Kier molecular flexibility index (Phi) is 10.5. The molecule has 0 aromatic heterocycles. The van der Waals surface area contributed by atoms with E-state index in [9.17, 15) is 18.3 Å². The van der Waals surface area contributed by atoms with Gasteiger partial charge >= 0.3 is 0 Å². The lowest BCUT2D eigenvalue weighted by Crippen LogP contribution is -2.47. The van der Waals surface area contributed by atoms with Crippen LogP contribution in [0.25, 0.3) is 0 Å². The molecule has 2 N–H and O–H groups in total. The molecular formula is C32H41N3O7S. The van der Waals surface area contributed by atoms with Gasteiger partial charge in [-0.25, -0.2) is 8.42 Å². The highest BCUT2D eigenvalue weighted by atomic mass is 32.2. The molecule has 1 aliphatic rings. The SMILES string of the molecule is COc1ccc(CN(C)C[C@@H]2Oc3ccc(NS(=O)(=O)c4ccc(OC)cc4)cc3CC(=O)N([C@@H](C)CO)C[C@@H]2C)cc1. The van der Waals surface area contributed by atoms with Crippen LogP contribution in [-0.2, 0) is 27.8 Å². The fourth-order valence-electron chi connectivity index (χ4n) is 5.09. The Hall–Kier alpha value is -3.80. The second kappa shape index (κ2) is 14.1. The van der Waals surface area contributed by atoms with Gasteiger partial charge in [-0.3, -0.25) is 14.4 Å². The summed E-state index contributed by atoms with van der Waals surface area (Å²) < 4.78 is 45.8. The summed E-state index contributed by atoms with van der Waals surface area (Å²) in [7, 11) is 1.28. The Morgan fingerprint density at radius 3 is 2.28 bits per heavy atom. The van der Waals surface area contributed by atoms with E-state index in [4.69, 9.17) is 14.2 Å². The van der Waals surface area contributed by atoms with Crippen molar-refractivity contribution in [2.75, 3.05) is 45.7 Å². The van der Waals surface area contributed by atoms with E-state index in [0.29, 0.717) is 42.4 Å². The molecule has 0 saturated heterocycles. The molecule has 4 rings (SSSR count). The van der Waals surface area contributed by atoms with Gasteiger partial charge in [0.2, 0.25) is 5.91 Å². The lowest BCUT2D eigenvalue weighted by Gasteiger charge is -2.34. The Bertz CT molecular complexity index is 1480. The van der Waals surface area contributed by atoms with Gasteiger partial charge in [0, 0.05) is 36.8 Å². The average molecular weight is 612 g/mol. The number of aliphatic hydroxyl groups excluding tert-OH is 1. The topological polar surface area (TPSA) is 118 Å². The van der Waals surface area contributed by atoms with Crippen LogP contribution in [-0.4, -0.2) is 82.3 Å². The number of ether oxygens (including phenoxy) is 3. The molecule has 0 radical (unpaired) electrons. The molecule has 232 valence electrons. The zero-order chi connectivity index (χ0) is 31.1. The number of anilines is 1. The van der Waals surface area contributed by atoms with Crippen molar-refractivity contribution in [2.24, 2.45) is 5.92 Å². The van der Waals surface area contributed by atoms with Crippen LogP contribution in [0, 0.1) is 5.92 Å². The maximum Gasteiger partial charge on any atom is 0.261 e. The lowest BCUT2D eigenvalue weighted by atomic mass is 10.0. The zero-order valence-corrected chi connectivity index (χ0v) is 26.1. The Labute approximate surface area is 254 Å². The fourth-order valence-corrected chi connectivity index (χ4v) is 6.14. The van der Waals surface area contributed by atoms with Crippen molar-refractivity contribution in [1.29, 1.82) is 0 Å². The molecule has 43 heavy (non-hydrogen) atoms. The van der Waals surface area contributed by atoms with E-state index >= 15 is 0 Å². The number of rotatable bonds is 11. The minimum absolute atomic E-state index is 0.00109. The number of fused-ring (bicyclic) bond motifs is 1. The molecule has 3 aromatic rings. The third kappa shape index (κ3) is 8.19. The summed E-state index contributed by atoms with van der Waals surface area (Å²) in [5.41, 5.74) is 2.00. The highest BCUT2D eigenvalue weighted by Gasteiger charge is 2.31. The summed E-state index contributed by atoms with van der Waals surface area (Å²) >= 11 is 0. The number of benzene rings is 3. The minimum Gasteiger partial charge on any atom is -0.497 e. The third-order valence-electron chi connectivity index (χ3n) is 7.64. The van der Waals surface area contributed by atoms with Gasteiger partial charge in [-0.05, 0) is 74.1 Å².